The second-order valence-electron chi connectivity index (χ2n) is 7.16. The number of hydrogen-bond donors (Lipinski definition) is 1. The van der Waals surface area contributed by atoms with Gasteiger partial charge in [0.25, 0.3) is 0 Å². The summed E-state index contributed by atoms with van der Waals surface area (Å²) in [7, 11) is 0. The fourth-order valence-electron chi connectivity index (χ4n) is 4.04. The summed E-state index contributed by atoms with van der Waals surface area (Å²) in [5, 5.41) is 3.90. The SMILES string of the molecule is CCCNC(c1cc(C)c(Br)s1)C1(CC(C)C)CCCC1. The van der Waals surface area contributed by atoms with Crippen molar-refractivity contribution in [2.75, 3.05) is 6.54 Å². The zero-order valence-electron chi connectivity index (χ0n) is 14.0. The predicted molar refractivity (Wildman–Crippen MR) is 98.1 cm³/mol. The average molecular weight is 372 g/mol. The summed E-state index contributed by atoms with van der Waals surface area (Å²) in [5.74, 6) is 0.776. The smallest absolute Gasteiger partial charge is 0.0731 e. The summed E-state index contributed by atoms with van der Waals surface area (Å²) >= 11 is 5.66. The topological polar surface area (TPSA) is 12.0 Å². The van der Waals surface area contributed by atoms with E-state index in [0.29, 0.717) is 11.5 Å². The van der Waals surface area contributed by atoms with Gasteiger partial charge in [-0.2, -0.15) is 0 Å². The number of hydrogen-bond acceptors (Lipinski definition) is 2. The Morgan fingerprint density at radius 2 is 2.00 bits per heavy atom. The van der Waals surface area contributed by atoms with Crippen molar-refractivity contribution in [3.8, 4) is 0 Å². The molecule has 1 aromatic heterocycles. The maximum Gasteiger partial charge on any atom is 0.0731 e. The lowest BCUT2D eigenvalue weighted by Crippen LogP contribution is -2.37. The third kappa shape index (κ3) is 4.11. The highest BCUT2D eigenvalue weighted by Crippen LogP contribution is 2.53. The third-order valence-corrected chi connectivity index (χ3v) is 6.99. The molecule has 1 aliphatic rings. The largest absolute Gasteiger partial charge is 0.309 e. The van der Waals surface area contributed by atoms with Crippen LogP contribution in [0.5, 0.6) is 0 Å². The first-order chi connectivity index (χ1) is 9.98. The normalized spacial score (nSPS) is 19.3. The minimum absolute atomic E-state index is 0.472. The first-order valence-corrected chi connectivity index (χ1v) is 10.1. The monoisotopic (exact) mass is 371 g/mol. The van der Waals surface area contributed by atoms with Gasteiger partial charge in [-0.15, -0.1) is 11.3 Å². The summed E-state index contributed by atoms with van der Waals surface area (Å²) in [6.07, 6.45) is 8.15. The molecule has 1 fully saturated rings. The van der Waals surface area contributed by atoms with Crippen LogP contribution in [0.3, 0.4) is 0 Å². The molecule has 3 heteroatoms. The van der Waals surface area contributed by atoms with Gasteiger partial charge >= 0.3 is 0 Å². The number of thiophene rings is 1. The molecule has 1 atom stereocenters. The molecule has 0 bridgehead atoms. The average Bonchev–Trinajstić information content (AvgIpc) is 2.98. The molecule has 1 N–H and O–H groups in total. The third-order valence-electron chi connectivity index (χ3n) is 4.79. The molecule has 0 amide bonds. The summed E-state index contributed by atoms with van der Waals surface area (Å²) < 4.78 is 1.30. The highest BCUT2D eigenvalue weighted by atomic mass is 79.9. The predicted octanol–water partition coefficient (Wildman–Crippen LogP) is 6.47. The van der Waals surface area contributed by atoms with Crippen LogP contribution in [0.1, 0.15) is 75.8 Å². The molecule has 120 valence electrons. The molecule has 0 spiro atoms. The number of halogens is 1. The lowest BCUT2D eigenvalue weighted by atomic mass is 9.72. The van der Waals surface area contributed by atoms with E-state index in [2.05, 4.69) is 55.0 Å². The van der Waals surface area contributed by atoms with Crippen LogP contribution in [0.15, 0.2) is 9.85 Å². The van der Waals surface area contributed by atoms with E-state index in [1.807, 2.05) is 11.3 Å². The van der Waals surface area contributed by atoms with Crippen LogP contribution in [-0.2, 0) is 0 Å². The van der Waals surface area contributed by atoms with E-state index in [0.717, 1.165) is 12.5 Å². The van der Waals surface area contributed by atoms with Crippen molar-refractivity contribution in [1.29, 1.82) is 0 Å². The van der Waals surface area contributed by atoms with Gasteiger partial charge in [-0.05, 0) is 78.0 Å². The maximum atomic E-state index is 3.90. The van der Waals surface area contributed by atoms with Crippen LogP contribution >= 0.6 is 27.3 Å². The Morgan fingerprint density at radius 3 is 2.48 bits per heavy atom. The Kier molecular flexibility index (Phi) is 6.34. The van der Waals surface area contributed by atoms with E-state index in [1.165, 1.54) is 52.8 Å². The zero-order chi connectivity index (χ0) is 15.5. The van der Waals surface area contributed by atoms with Gasteiger partial charge in [-0.3, -0.25) is 0 Å². The summed E-state index contributed by atoms with van der Waals surface area (Å²) in [5.41, 5.74) is 1.86. The maximum absolute atomic E-state index is 3.90. The highest BCUT2D eigenvalue weighted by Gasteiger charge is 2.42. The Morgan fingerprint density at radius 1 is 1.33 bits per heavy atom. The lowest BCUT2D eigenvalue weighted by molar-refractivity contribution is 0.158. The lowest BCUT2D eigenvalue weighted by Gasteiger charge is -2.39. The van der Waals surface area contributed by atoms with Crippen molar-refractivity contribution in [1.82, 2.24) is 5.32 Å². The van der Waals surface area contributed by atoms with E-state index in [-0.39, 0.29) is 0 Å². The Bertz CT molecular complexity index is 427. The highest BCUT2D eigenvalue weighted by molar-refractivity contribution is 9.11. The molecule has 0 aliphatic heterocycles. The molecular weight excluding hydrogens is 342 g/mol. The van der Waals surface area contributed by atoms with Crippen LogP contribution in [0.25, 0.3) is 0 Å². The van der Waals surface area contributed by atoms with Crippen LogP contribution in [0, 0.1) is 18.3 Å². The van der Waals surface area contributed by atoms with E-state index in [9.17, 15) is 0 Å². The van der Waals surface area contributed by atoms with Gasteiger partial charge < -0.3 is 5.32 Å². The molecule has 1 nitrogen and oxygen atoms in total. The van der Waals surface area contributed by atoms with Gasteiger partial charge in [0.15, 0.2) is 0 Å². The molecule has 1 heterocycles. The van der Waals surface area contributed by atoms with E-state index >= 15 is 0 Å². The first-order valence-electron chi connectivity index (χ1n) is 8.47. The Labute approximate surface area is 143 Å². The minimum atomic E-state index is 0.472. The Hall–Kier alpha value is 0.140. The molecule has 0 saturated heterocycles. The molecule has 0 aromatic carbocycles. The molecule has 1 aliphatic carbocycles. The first kappa shape index (κ1) is 17.5. The summed E-state index contributed by atoms with van der Waals surface area (Å²) in [6.45, 7) is 10.4. The van der Waals surface area contributed by atoms with Crippen molar-refractivity contribution in [2.24, 2.45) is 11.3 Å². The molecule has 0 radical (unpaired) electrons. The standard InChI is InChI=1S/C18H30BrNS/c1-5-10-20-16(15-11-14(4)17(19)21-15)18(12-13(2)3)8-6-7-9-18/h11,13,16,20H,5-10,12H2,1-4H3. The molecular formula is C18H30BrNS. The Balaban J connectivity index is 2.32. The van der Waals surface area contributed by atoms with Gasteiger partial charge in [-0.1, -0.05) is 33.6 Å². The van der Waals surface area contributed by atoms with Crippen LogP contribution in [0.4, 0.5) is 0 Å². The van der Waals surface area contributed by atoms with Crippen molar-refractivity contribution >= 4 is 27.3 Å². The zero-order valence-corrected chi connectivity index (χ0v) is 16.4. The van der Waals surface area contributed by atoms with E-state index in [1.54, 1.807) is 0 Å². The fourth-order valence-corrected chi connectivity index (χ4v) is 5.83. The number of aryl methyl sites for hydroxylation is 1. The molecule has 2 rings (SSSR count). The van der Waals surface area contributed by atoms with Gasteiger partial charge in [0.05, 0.1) is 3.79 Å². The molecule has 1 saturated carbocycles. The van der Waals surface area contributed by atoms with Crippen molar-refractivity contribution in [2.45, 2.75) is 72.3 Å². The van der Waals surface area contributed by atoms with Crippen molar-refractivity contribution < 1.29 is 0 Å². The summed E-state index contributed by atoms with van der Waals surface area (Å²) in [6, 6.07) is 2.94. The van der Waals surface area contributed by atoms with Crippen molar-refractivity contribution in [3.63, 3.8) is 0 Å². The van der Waals surface area contributed by atoms with E-state index in [4.69, 9.17) is 0 Å². The molecule has 1 aromatic rings. The van der Waals surface area contributed by atoms with Crippen LogP contribution in [0.2, 0.25) is 0 Å². The second-order valence-corrected chi connectivity index (χ2v) is 9.56. The van der Waals surface area contributed by atoms with Gasteiger partial charge in [0, 0.05) is 10.9 Å². The van der Waals surface area contributed by atoms with Gasteiger partial charge in [-0.25, -0.2) is 0 Å². The van der Waals surface area contributed by atoms with Crippen LogP contribution < -0.4 is 5.32 Å². The minimum Gasteiger partial charge on any atom is -0.309 e. The van der Waals surface area contributed by atoms with E-state index < -0.39 is 0 Å². The second kappa shape index (κ2) is 7.61. The summed E-state index contributed by atoms with van der Waals surface area (Å²) in [4.78, 5) is 1.54. The molecule has 1 unspecified atom stereocenters. The van der Waals surface area contributed by atoms with Gasteiger partial charge in [0.2, 0.25) is 0 Å². The van der Waals surface area contributed by atoms with Gasteiger partial charge in [0.1, 0.15) is 0 Å². The fraction of sp³-hybridized carbons (Fsp3) is 0.778. The number of rotatable bonds is 7. The van der Waals surface area contributed by atoms with Crippen molar-refractivity contribution in [3.05, 3.63) is 20.3 Å². The quantitative estimate of drug-likeness (QED) is 0.579. The van der Waals surface area contributed by atoms with Crippen LogP contribution in [-0.4, -0.2) is 6.54 Å². The number of nitrogens with one attached hydrogen (secondary N) is 1. The molecule has 21 heavy (non-hydrogen) atoms.